The second-order valence-electron chi connectivity index (χ2n) is 6.52. The number of aromatic nitrogens is 2. The number of nitrogens with zero attached hydrogens (tertiary/aromatic N) is 2. The van der Waals surface area contributed by atoms with E-state index in [9.17, 15) is 26.3 Å². The number of hydrogen-bond donors (Lipinski definition) is 4. The first-order chi connectivity index (χ1) is 15.3. The summed E-state index contributed by atoms with van der Waals surface area (Å²) in [6, 6.07) is 2.47. The maximum atomic E-state index is 10.6. The van der Waals surface area contributed by atoms with Gasteiger partial charge < -0.3 is 30.3 Å². The number of carboxylic acid groups (broad SMARTS) is 2. The molecule has 0 radical (unpaired) electrons. The normalized spacial score (nSPS) is 19.3. The van der Waals surface area contributed by atoms with Crippen molar-refractivity contribution in [1.29, 1.82) is 0 Å². The van der Waals surface area contributed by atoms with Gasteiger partial charge in [0.15, 0.2) is 0 Å². The van der Waals surface area contributed by atoms with Crippen LogP contribution in [0.2, 0.25) is 0 Å². The second kappa shape index (κ2) is 13.1. The molecule has 2 fully saturated rings. The average Bonchev–Trinajstić information content (AvgIpc) is 2.75. The highest BCUT2D eigenvalue weighted by atomic mass is 19.4. The van der Waals surface area contributed by atoms with E-state index in [1.165, 1.54) is 0 Å². The Morgan fingerprint density at radius 3 is 2.00 bits per heavy atom. The average molecular weight is 492 g/mol. The van der Waals surface area contributed by atoms with Gasteiger partial charge in [0.1, 0.15) is 11.6 Å². The van der Waals surface area contributed by atoms with Gasteiger partial charge in [0.2, 0.25) is 0 Å². The Morgan fingerprint density at radius 1 is 1.00 bits per heavy atom. The van der Waals surface area contributed by atoms with E-state index >= 15 is 0 Å². The van der Waals surface area contributed by atoms with Crippen LogP contribution in [-0.2, 0) is 19.1 Å². The number of alkyl halides is 6. The molecule has 3 rings (SSSR count). The molecule has 0 saturated carbocycles. The fourth-order valence-corrected chi connectivity index (χ4v) is 2.40. The summed E-state index contributed by atoms with van der Waals surface area (Å²) in [5.41, 5.74) is 0. The molecule has 188 valence electrons. The molecule has 4 N–H and O–H groups in total. The van der Waals surface area contributed by atoms with Gasteiger partial charge in [-0.1, -0.05) is 0 Å². The molecule has 33 heavy (non-hydrogen) atoms. The molecule has 2 saturated heterocycles. The van der Waals surface area contributed by atoms with E-state index in [0.717, 1.165) is 50.8 Å². The van der Waals surface area contributed by atoms with Crippen molar-refractivity contribution in [3.05, 3.63) is 18.1 Å². The SMILES string of the molecule is O=C(O)C(F)(F)F.O=C(O)C(F)(F)F.c1cc(NC2CCOCC2)nc(C2COCCN2)n1. The molecule has 1 aromatic rings. The molecule has 2 aliphatic rings. The number of anilines is 1. The highest BCUT2D eigenvalue weighted by Crippen LogP contribution is 2.16. The van der Waals surface area contributed by atoms with E-state index in [0.29, 0.717) is 12.6 Å². The van der Waals surface area contributed by atoms with Gasteiger partial charge in [0.25, 0.3) is 0 Å². The Kier molecular flexibility index (Phi) is 11.2. The number of halogens is 6. The van der Waals surface area contributed by atoms with E-state index in [2.05, 4.69) is 20.6 Å². The molecule has 0 aliphatic carbocycles. The molecular formula is C17H22F6N4O6. The Bertz CT molecular complexity index is 728. The molecule has 0 aromatic carbocycles. The monoisotopic (exact) mass is 492 g/mol. The van der Waals surface area contributed by atoms with Crippen molar-refractivity contribution in [3.63, 3.8) is 0 Å². The first-order valence-corrected chi connectivity index (χ1v) is 9.39. The van der Waals surface area contributed by atoms with Crippen LogP contribution in [0.1, 0.15) is 24.7 Å². The maximum Gasteiger partial charge on any atom is 0.490 e. The molecule has 1 unspecified atom stereocenters. The summed E-state index contributed by atoms with van der Waals surface area (Å²) >= 11 is 0. The second-order valence-corrected chi connectivity index (χ2v) is 6.52. The fourth-order valence-electron chi connectivity index (χ4n) is 2.40. The van der Waals surface area contributed by atoms with Crippen molar-refractivity contribution in [2.45, 2.75) is 37.3 Å². The lowest BCUT2D eigenvalue weighted by Crippen LogP contribution is -2.36. The van der Waals surface area contributed by atoms with E-state index < -0.39 is 24.3 Å². The highest BCUT2D eigenvalue weighted by molar-refractivity contribution is 5.73. The molecule has 0 amide bonds. The highest BCUT2D eigenvalue weighted by Gasteiger charge is 2.38. The van der Waals surface area contributed by atoms with Crippen LogP contribution in [-0.4, -0.2) is 83.5 Å². The number of aliphatic carboxylic acids is 2. The van der Waals surface area contributed by atoms with Crippen molar-refractivity contribution in [1.82, 2.24) is 15.3 Å². The summed E-state index contributed by atoms with van der Waals surface area (Å²) in [6.45, 7) is 3.91. The summed E-state index contributed by atoms with van der Waals surface area (Å²) in [5.74, 6) is -3.82. The van der Waals surface area contributed by atoms with Gasteiger partial charge in [0.05, 0.1) is 19.3 Å². The van der Waals surface area contributed by atoms with Crippen molar-refractivity contribution in [3.8, 4) is 0 Å². The lowest BCUT2D eigenvalue weighted by Gasteiger charge is -2.25. The lowest BCUT2D eigenvalue weighted by atomic mass is 10.1. The third-order valence-electron chi connectivity index (χ3n) is 3.97. The molecule has 3 heterocycles. The third-order valence-corrected chi connectivity index (χ3v) is 3.97. The Labute approximate surface area is 183 Å². The summed E-state index contributed by atoms with van der Waals surface area (Å²) in [7, 11) is 0. The summed E-state index contributed by atoms with van der Waals surface area (Å²) in [4.78, 5) is 26.7. The summed E-state index contributed by atoms with van der Waals surface area (Å²) < 4.78 is 74.3. The van der Waals surface area contributed by atoms with E-state index in [1.807, 2.05) is 6.07 Å². The predicted molar refractivity (Wildman–Crippen MR) is 98.4 cm³/mol. The van der Waals surface area contributed by atoms with E-state index in [4.69, 9.17) is 29.3 Å². The minimum absolute atomic E-state index is 0.102. The Hall–Kier alpha value is -2.72. The quantitative estimate of drug-likeness (QED) is 0.463. The molecular weight excluding hydrogens is 470 g/mol. The van der Waals surface area contributed by atoms with Crippen LogP contribution < -0.4 is 10.6 Å². The molecule has 16 heteroatoms. The van der Waals surface area contributed by atoms with Gasteiger partial charge in [-0.15, -0.1) is 0 Å². The van der Waals surface area contributed by atoms with Crippen molar-refractivity contribution >= 4 is 17.8 Å². The molecule has 1 atom stereocenters. The Balaban J connectivity index is 0.000000324. The zero-order chi connectivity index (χ0) is 25.1. The standard InChI is InChI=1S/C13H20N4O2.2C2HF3O2/c1-4-15-13(11-9-19-8-5-14-11)17-12(1)16-10-2-6-18-7-3-10;2*3-2(4,5)1(6)7/h1,4,10-11,14H,2-3,5-9H2,(H,15,16,17);2*(H,6,7). The minimum atomic E-state index is -5.08. The minimum Gasteiger partial charge on any atom is -0.475 e. The van der Waals surface area contributed by atoms with E-state index in [1.54, 1.807) is 6.20 Å². The number of morpholine rings is 1. The van der Waals surface area contributed by atoms with Crippen LogP contribution in [0.25, 0.3) is 0 Å². The van der Waals surface area contributed by atoms with Crippen LogP contribution in [0.15, 0.2) is 12.3 Å². The van der Waals surface area contributed by atoms with Crippen molar-refractivity contribution in [2.24, 2.45) is 0 Å². The third kappa shape index (κ3) is 11.6. The number of carboxylic acids is 2. The van der Waals surface area contributed by atoms with Crippen LogP contribution in [0.5, 0.6) is 0 Å². The van der Waals surface area contributed by atoms with Crippen molar-refractivity contribution < 1.29 is 55.6 Å². The van der Waals surface area contributed by atoms with Gasteiger partial charge in [0, 0.05) is 32.0 Å². The first kappa shape index (κ1) is 28.3. The molecule has 1 aromatic heterocycles. The van der Waals surface area contributed by atoms with Gasteiger partial charge in [-0.25, -0.2) is 19.6 Å². The first-order valence-electron chi connectivity index (χ1n) is 9.39. The van der Waals surface area contributed by atoms with Crippen LogP contribution in [0.4, 0.5) is 32.2 Å². The lowest BCUT2D eigenvalue weighted by molar-refractivity contribution is -0.193. The number of hydrogen-bond acceptors (Lipinski definition) is 8. The number of rotatable bonds is 3. The summed E-state index contributed by atoms with van der Waals surface area (Å²) in [5, 5.41) is 21.1. The molecule has 0 bridgehead atoms. The molecule has 2 aliphatic heterocycles. The topological polar surface area (TPSA) is 143 Å². The number of nitrogens with one attached hydrogen (secondary N) is 2. The number of carbonyl (C=O) groups is 2. The van der Waals surface area contributed by atoms with Gasteiger partial charge >= 0.3 is 24.3 Å². The van der Waals surface area contributed by atoms with Crippen molar-refractivity contribution in [2.75, 3.05) is 38.3 Å². The predicted octanol–water partition coefficient (Wildman–Crippen LogP) is 1.99. The molecule has 0 spiro atoms. The molecule has 10 nitrogen and oxygen atoms in total. The van der Waals surface area contributed by atoms with Crippen LogP contribution in [0, 0.1) is 0 Å². The van der Waals surface area contributed by atoms with Gasteiger partial charge in [-0.3, -0.25) is 0 Å². The fraction of sp³-hybridized carbons (Fsp3) is 0.647. The van der Waals surface area contributed by atoms with Crippen LogP contribution in [0.3, 0.4) is 0 Å². The Morgan fingerprint density at radius 2 is 1.55 bits per heavy atom. The number of ether oxygens (including phenoxy) is 2. The largest absolute Gasteiger partial charge is 0.490 e. The zero-order valence-corrected chi connectivity index (χ0v) is 16.9. The summed E-state index contributed by atoms with van der Waals surface area (Å²) in [6.07, 6.45) is -6.30. The van der Waals surface area contributed by atoms with E-state index in [-0.39, 0.29) is 6.04 Å². The maximum absolute atomic E-state index is 10.6. The van der Waals surface area contributed by atoms with Crippen LogP contribution >= 0.6 is 0 Å². The smallest absolute Gasteiger partial charge is 0.475 e. The zero-order valence-electron chi connectivity index (χ0n) is 16.9. The van der Waals surface area contributed by atoms with Gasteiger partial charge in [-0.2, -0.15) is 26.3 Å². The van der Waals surface area contributed by atoms with Gasteiger partial charge in [-0.05, 0) is 18.9 Å².